The molecule has 0 radical (unpaired) electrons. The molecule has 1 aliphatic heterocycles. The van der Waals surface area contributed by atoms with Gasteiger partial charge in [-0.3, -0.25) is 4.79 Å². The predicted octanol–water partition coefficient (Wildman–Crippen LogP) is 0.458. The van der Waals surface area contributed by atoms with Gasteiger partial charge in [0.2, 0.25) is 10.0 Å². The summed E-state index contributed by atoms with van der Waals surface area (Å²) in [5.74, 6) is -0.248. The van der Waals surface area contributed by atoms with Gasteiger partial charge in [0.25, 0.3) is 5.91 Å². The van der Waals surface area contributed by atoms with Gasteiger partial charge in [0, 0.05) is 44.2 Å². The Bertz CT molecular complexity index is 740. The van der Waals surface area contributed by atoms with E-state index >= 15 is 0 Å². The third-order valence-electron chi connectivity index (χ3n) is 4.58. The summed E-state index contributed by atoms with van der Waals surface area (Å²) in [7, 11) is -2.37. The van der Waals surface area contributed by atoms with Crippen molar-refractivity contribution in [2.75, 3.05) is 39.8 Å². The number of amides is 1. The molecule has 154 valence electrons. The summed E-state index contributed by atoms with van der Waals surface area (Å²) in [5.41, 5.74) is 0.233. The van der Waals surface area contributed by atoms with Gasteiger partial charge in [-0.15, -0.1) is 12.4 Å². The van der Waals surface area contributed by atoms with Crippen molar-refractivity contribution in [2.45, 2.75) is 24.8 Å². The highest BCUT2D eigenvalue weighted by Crippen LogP contribution is 2.28. The molecule has 0 saturated carbocycles. The Balaban J connectivity index is 0.00000364. The van der Waals surface area contributed by atoms with Crippen LogP contribution in [0.25, 0.3) is 0 Å². The van der Waals surface area contributed by atoms with Crippen molar-refractivity contribution < 1.29 is 23.1 Å². The molecule has 2 atom stereocenters. The number of halogens is 1. The van der Waals surface area contributed by atoms with Gasteiger partial charge < -0.3 is 20.5 Å². The second-order valence-corrected chi connectivity index (χ2v) is 8.06. The van der Waals surface area contributed by atoms with Crippen LogP contribution in [-0.4, -0.2) is 69.7 Å². The molecule has 2 rings (SSSR count). The van der Waals surface area contributed by atoms with E-state index in [2.05, 4.69) is 10.6 Å². The Kier molecular flexibility index (Phi) is 8.97. The summed E-state index contributed by atoms with van der Waals surface area (Å²) in [5, 5.41) is 15.6. The number of aliphatic hydroxyl groups is 1. The largest absolute Gasteiger partial charge is 0.495 e. The van der Waals surface area contributed by atoms with Crippen LogP contribution >= 0.6 is 12.4 Å². The van der Waals surface area contributed by atoms with Crippen LogP contribution in [-0.2, 0) is 10.0 Å². The van der Waals surface area contributed by atoms with E-state index in [1.54, 1.807) is 13.8 Å². The number of benzene rings is 1. The first-order valence-corrected chi connectivity index (χ1v) is 10.1. The topological polar surface area (TPSA) is 108 Å². The van der Waals surface area contributed by atoms with Crippen LogP contribution in [0.2, 0.25) is 0 Å². The first-order valence-electron chi connectivity index (χ1n) is 8.70. The highest BCUT2D eigenvalue weighted by Gasteiger charge is 2.28. The molecular formula is C17H28ClN3O5S. The Morgan fingerprint density at radius 3 is 2.52 bits per heavy atom. The summed E-state index contributed by atoms with van der Waals surface area (Å²) in [6.07, 6.45) is -0.496. The molecule has 1 saturated heterocycles. The molecule has 0 aliphatic carbocycles. The van der Waals surface area contributed by atoms with Gasteiger partial charge in [0.1, 0.15) is 10.6 Å². The molecule has 1 aromatic carbocycles. The van der Waals surface area contributed by atoms with Crippen molar-refractivity contribution in [3.05, 3.63) is 23.8 Å². The lowest BCUT2D eigenvalue weighted by molar-refractivity contribution is 0.0927. The van der Waals surface area contributed by atoms with Crippen molar-refractivity contribution in [3.8, 4) is 5.75 Å². The Morgan fingerprint density at radius 2 is 2.00 bits per heavy atom. The molecule has 10 heteroatoms. The number of β-amino-alcohol motifs (C(OH)–C–C–N with tert-alkyl or cyclic N) is 1. The number of hydrogen-bond donors (Lipinski definition) is 3. The number of methoxy groups -OCH3 is 1. The molecule has 0 spiro atoms. The third-order valence-corrected chi connectivity index (χ3v) is 6.65. The average molecular weight is 422 g/mol. The van der Waals surface area contributed by atoms with E-state index in [4.69, 9.17) is 4.74 Å². The minimum absolute atomic E-state index is 0. The number of nitrogens with zero attached hydrogens (tertiary/aromatic N) is 1. The molecule has 27 heavy (non-hydrogen) atoms. The SMILES string of the molecule is CCN(CC)S(=O)(=O)c1cc(C(=O)NCC2CNCC2O)ccc1OC.Cl. The van der Waals surface area contributed by atoms with E-state index in [0.29, 0.717) is 32.7 Å². The molecule has 1 heterocycles. The number of carbonyl (C=O) groups is 1. The molecule has 1 aromatic rings. The number of ether oxygens (including phenoxy) is 1. The maximum Gasteiger partial charge on any atom is 0.251 e. The summed E-state index contributed by atoms with van der Waals surface area (Å²) in [6.45, 7) is 5.62. The predicted molar refractivity (Wildman–Crippen MR) is 105 cm³/mol. The monoisotopic (exact) mass is 421 g/mol. The highest BCUT2D eigenvalue weighted by molar-refractivity contribution is 7.89. The van der Waals surface area contributed by atoms with Gasteiger partial charge in [0.15, 0.2) is 0 Å². The van der Waals surface area contributed by atoms with Gasteiger partial charge in [-0.2, -0.15) is 4.31 Å². The lowest BCUT2D eigenvalue weighted by Gasteiger charge is -2.20. The van der Waals surface area contributed by atoms with Gasteiger partial charge in [0.05, 0.1) is 13.2 Å². The molecule has 0 bridgehead atoms. The van der Waals surface area contributed by atoms with Gasteiger partial charge in [-0.05, 0) is 18.2 Å². The maximum atomic E-state index is 12.8. The van der Waals surface area contributed by atoms with Crippen molar-refractivity contribution >= 4 is 28.3 Å². The lowest BCUT2D eigenvalue weighted by Crippen LogP contribution is -2.34. The van der Waals surface area contributed by atoms with Crippen LogP contribution in [0.3, 0.4) is 0 Å². The molecule has 1 amide bonds. The summed E-state index contributed by atoms with van der Waals surface area (Å²) < 4.78 is 32.2. The quantitative estimate of drug-likeness (QED) is 0.562. The smallest absolute Gasteiger partial charge is 0.251 e. The Morgan fingerprint density at radius 1 is 1.33 bits per heavy atom. The standard InChI is InChI=1S/C17H27N3O5S.ClH/c1-4-20(5-2)26(23,24)16-8-12(6-7-15(16)25-3)17(22)19-10-13-9-18-11-14(13)21;/h6-8,13-14,18,21H,4-5,9-11H2,1-3H3,(H,19,22);1H. The zero-order valence-electron chi connectivity index (χ0n) is 15.8. The van der Waals surface area contributed by atoms with Crippen LogP contribution in [0.1, 0.15) is 24.2 Å². The number of nitrogens with one attached hydrogen (secondary N) is 2. The molecule has 3 N–H and O–H groups in total. The van der Waals surface area contributed by atoms with E-state index in [-0.39, 0.29) is 40.4 Å². The highest BCUT2D eigenvalue weighted by atomic mass is 35.5. The Hall–Kier alpha value is -1.39. The average Bonchev–Trinajstić information content (AvgIpc) is 3.04. The van der Waals surface area contributed by atoms with Crippen molar-refractivity contribution in [2.24, 2.45) is 5.92 Å². The zero-order valence-corrected chi connectivity index (χ0v) is 17.4. The molecule has 1 aliphatic rings. The van der Waals surface area contributed by atoms with Crippen LogP contribution < -0.4 is 15.4 Å². The van der Waals surface area contributed by atoms with Crippen molar-refractivity contribution in [3.63, 3.8) is 0 Å². The van der Waals surface area contributed by atoms with E-state index < -0.39 is 16.1 Å². The molecule has 2 unspecified atom stereocenters. The van der Waals surface area contributed by atoms with Crippen molar-refractivity contribution in [1.82, 2.24) is 14.9 Å². The first kappa shape index (κ1) is 23.6. The van der Waals surface area contributed by atoms with Crippen molar-refractivity contribution in [1.29, 1.82) is 0 Å². The molecule has 1 fully saturated rings. The fourth-order valence-corrected chi connectivity index (χ4v) is 4.62. The van der Waals surface area contributed by atoms with Crippen LogP contribution in [0.5, 0.6) is 5.75 Å². The molecule has 8 nitrogen and oxygen atoms in total. The van der Waals surface area contributed by atoms with Gasteiger partial charge in [-0.25, -0.2) is 8.42 Å². The van der Waals surface area contributed by atoms with E-state index in [0.717, 1.165) is 0 Å². The van der Waals surface area contributed by atoms with E-state index in [9.17, 15) is 18.3 Å². The van der Waals surface area contributed by atoms with Crippen LogP contribution in [0.15, 0.2) is 23.1 Å². The van der Waals surface area contributed by atoms with Gasteiger partial charge >= 0.3 is 0 Å². The summed E-state index contributed by atoms with van der Waals surface area (Å²) >= 11 is 0. The first-order chi connectivity index (χ1) is 12.3. The zero-order chi connectivity index (χ0) is 19.3. The normalized spacial score (nSPS) is 19.6. The van der Waals surface area contributed by atoms with Crippen LogP contribution in [0, 0.1) is 5.92 Å². The van der Waals surface area contributed by atoms with Crippen LogP contribution in [0.4, 0.5) is 0 Å². The number of carbonyl (C=O) groups excluding carboxylic acids is 1. The van der Waals surface area contributed by atoms with E-state index in [1.165, 1.54) is 29.6 Å². The number of rotatable bonds is 8. The molecular weight excluding hydrogens is 394 g/mol. The van der Waals surface area contributed by atoms with E-state index in [1.807, 2.05) is 0 Å². The number of hydrogen-bond acceptors (Lipinski definition) is 6. The lowest BCUT2D eigenvalue weighted by atomic mass is 10.1. The fraction of sp³-hybridized carbons (Fsp3) is 0.588. The minimum Gasteiger partial charge on any atom is -0.495 e. The summed E-state index contributed by atoms with van der Waals surface area (Å²) in [6, 6.07) is 4.35. The second kappa shape index (κ2) is 10.2. The number of sulfonamides is 1. The second-order valence-electron chi connectivity index (χ2n) is 6.15. The minimum atomic E-state index is -3.76. The third kappa shape index (κ3) is 5.32. The van der Waals surface area contributed by atoms with Gasteiger partial charge in [-0.1, -0.05) is 13.8 Å². The molecule has 0 aromatic heterocycles. The fourth-order valence-electron chi connectivity index (χ4n) is 2.98. The Labute approximate surface area is 166 Å². The summed E-state index contributed by atoms with van der Waals surface area (Å²) in [4.78, 5) is 12.4. The maximum absolute atomic E-state index is 12.8. The number of aliphatic hydroxyl groups excluding tert-OH is 1.